The average molecular weight is 290 g/mol. The van der Waals surface area contributed by atoms with E-state index < -0.39 is 0 Å². The number of thiophene rings is 1. The molecule has 3 heterocycles. The minimum absolute atomic E-state index is 0.244. The fourth-order valence-corrected chi connectivity index (χ4v) is 4.08. The Morgan fingerprint density at radius 3 is 2.70 bits per heavy atom. The number of nitrogen functional groups attached to an aromatic ring is 1. The Kier molecular flexibility index (Phi) is 3.21. The van der Waals surface area contributed by atoms with Crippen LogP contribution in [0.4, 0.5) is 5.82 Å². The molecule has 0 radical (unpaired) electrons. The molecular weight excluding hydrogens is 268 g/mol. The van der Waals surface area contributed by atoms with Gasteiger partial charge in [0.15, 0.2) is 0 Å². The van der Waals surface area contributed by atoms with Crippen LogP contribution in [0, 0.1) is 13.8 Å². The van der Waals surface area contributed by atoms with Crippen molar-refractivity contribution in [2.45, 2.75) is 52.6 Å². The van der Waals surface area contributed by atoms with E-state index in [2.05, 4.69) is 37.6 Å². The van der Waals surface area contributed by atoms with Gasteiger partial charge >= 0.3 is 0 Å². The minimum atomic E-state index is 0.244. The zero-order valence-corrected chi connectivity index (χ0v) is 13.5. The van der Waals surface area contributed by atoms with Gasteiger partial charge in [-0.25, -0.2) is 9.97 Å². The second-order valence-electron chi connectivity index (χ2n) is 6.33. The van der Waals surface area contributed by atoms with E-state index in [9.17, 15) is 0 Å². The highest BCUT2D eigenvalue weighted by Gasteiger charge is 2.32. The Bertz CT molecular complexity index is 659. The van der Waals surface area contributed by atoms with E-state index in [1.807, 2.05) is 0 Å². The van der Waals surface area contributed by atoms with Crippen LogP contribution < -0.4 is 5.73 Å². The van der Waals surface area contributed by atoms with E-state index in [0.717, 1.165) is 29.1 Å². The summed E-state index contributed by atoms with van der Waals surface area (Å²) in [6.45, 7) is 10.7. The third-order valence-electron chi connectivity index (χ3n) is 4.51. The summed E-state index contributed by atoms with van der Waals surface area (Å²) in [5, 5.41) is 1.04. The largest absolute Gasteiger partial charge is 0.383 e. The van der Waals surface area contributed by atoms with E-state index in [1.165, 1.54) is 23.3 Å². The number of aryl methyl sites for hydroxylation is 2. The normalized spacial score (nSPS) is 19.0. The molecule has 20 heavy (non-hydrogen) atoms. The number of anilines is 1. The molecule has 2 N–H and O–H groups in total. The second-order valence-corrected chi connectivity index (χ2v) is 7.53. The molecule has 108 valence electrons. The first-order valence-electron chi connectivity index (χ1n) is 7.15. The van der Waals surface area contributed by atoms with Gasteiger partial charge in [0.05, 0.1) is 11.9 Å². The Morgan fingerprint density at radius 1 is 1.30 bits per heavy atom. The molecule has 4 nitrogen and oxygen atoms in total. The standard InChI is InChI=1S/C15H22N4S/c1-9-10(2)20-14-12(9)13(16)17-11(18-14)8-19-7-5-6-15(19,3)4/h5-8H2,1-4H3,(H2,16,17,18). The van der Waals surface area contributed by atoms with Gasteiger partial charge in [0.1, 0.15) is 16.5 Å². The van der Waals surface area contributed by atoms with Crippen LogP contribution >= 0.6 is 11.3 Å². The molecule has 0 aromatic carbocycles. The number of aromatic nitrogens is 2. The summed E-state index contributed by atoms with van der Waals surface area (Å²) in [7, 11) is 0. The van der Waals surface area contributed by atoms with Crippen molar-refractivity contribution in [1.82, 2.24) is 14.9 Å². The van der Waals surface area contributed by atoms with Crippen molar-refractivity contribution in [1.29, 1.82) is 0 Å². The molecule has 0 saturated carbocycles. The van der Waals surface area contributed by atoms with Crippen LogP contribution in [0.5, 0.6) is 0 Å². The number of fused-ring (bicyclic) bond motifs is 1. The van der Waals surface area contributed by atoms with E-state index in [1.54, 1.807) is 11.3 Å². The Hall–Kier alpha value is -1.20. The van der Waals surface area contributed by atoms with Gasteiger partial charge in [-0.2, -0.15) is 0 Å². The van der Waals surface area contributed by atoms with Gasteiger partial charge < -0.3 is 5.73 Å². The van der Waals surface area contributed by atoms with Gasteiger partial charge in [0, 0.05) is 10.4 Å². The van der Waals surface area contributed by atoms with Crippen LogP contribution in [-0.2, 0) is 6.54 Å². The zero-order valence-electron chi connectivity index (χ0n) is 12.7. The molecule has 0 bridgehead atoms. The topological polar surface area (TPSA) is 55.0 Å². The lowest BCUT2D eigenvalue weighted by Gasteiger charge is -2.30. The summed E-state index contributed by atoms with van der Waals surface area (Å²) in [5.41, 5.74) is 7.61. The van der Waals surface area contributed by atoms with Crippen molar-refractivity contribution >= 4 is 27.4 Å². The van der Waals surface area contributed by atoms with Gasteiger partial charge in [-0.15, -0.1) is 11.3 Å². The summed E-state index contributed by atoms with van der Waals surface area (Å²) in [4.78, 5) is 14.0. The predicted molar refractivity (Wildman–Crippen MR) is 85.0 cm³/mol. The average Bonchev–Trinajstić information content (AvgIpc) is 2.81. The molecule has 0 atom stereocenters. The maximum absolute atomic E-state index is 6.15. The van der Waals surface area contributed by atoms with Crippen molar-refractivity contribution in [3.8, 4) is 0 Å². The second kappa shape index (κ2) is 4.67. The number of rotatable bonds is 2. The molecule has 1 saturated heterocycles. The summed E-state index contributed by atoms with van der Waals surface area (Å²) in [6.07, 6.45) is 2.49. The first kappa shape index (κ1) is 13.8. The van der Waals surface area contributed by atoms with Crippen molar-refractivity contribution < 1.29 is 0 Å². The molecule has 5 heteroatoms. The van der Waals surface area contributed by atoms with Crippen LogP contribution in [-0.4, -0.2) is 27.0 Å². The Balaban J connectivity index is 1.97. The first-order valence-corrected chi connectivity index (χ1v) is 7.97. The summed E-state index contributed by atoms with van der Waals surface area (Å²) in [6, 6.07) is 0. The van der Waals surface area contributed by atoms with Crippen LogP contribution in [0.2, 0.25) is 0 Å². The maximum atomic E-state index is 6.15. The molecule has 1 aliphatic heterocycles. The van der Waals surface area contributed by atoms with Gasteiger partial charge in [-0.05, 0) is 52.6 Å². The number of nitrogens with zero attached hydrogens (tertiary/aromatic N) is 3. The monoisotopic (exact) mass is 290 g/mol. The lowest BCUT2D eigenvalue weighted by molar-refractivity contribution is 0.162. The third kappa shape index (κ3) is 2.19. The summed E-state index contributed by atoms with van der Waals surface area (Å²) >= 11 is 1.72. The van der Waals surface area contributed by atoms with Crippen LogP contribution in [0.25, 0.3) is 10.2 Å². The summed E-state index contributed by atoms with van der Waals surface area (Å²) in [5.74, 6) is 1.48. The van der Waals surface area contributed by atoms with Crippen molar-refractivity contribution in [3.63, 3.8) is 0 Å². The third-order valence-corrected chi connectivity index (χ3v) is 5.61. The SMILES string of the molecule is Cc1sc2nc(CN3CCCC3(C)C)nc(N)c2c1C. The quantitative estimate of drug-likeness (QED) is 0.922. The molecule has 0 aliphatic carbocycles. The fraction of sp³-hybridized carbons (Fsp3) is 0.600. The van der Waals surface area contributed by atoms with E-state index in [-0.39, 0.29) is 5.54 Å². The first-order chi connectivity index (χ1) is 9.38. The smallest absolute Gasteiger partial charge is 0.146 e. The van der Waals surface area contributed by atoms with Crippen molar-refractivity contribution in [2.24, 2.45) is 0 Å². The van der Waals surface area contributed by atoms with Gasteiger partial charge in [-0.1, -0.05) is 0 Å². The molecule has 1 fully saturated rings. The van der Waals surface area contributed by atoms with Crippen LogP contribution in [0.1, 0.15) is 43.0 Å². The molecule has 3 rings (SSSR count). The minimum Gasteiger partial charge on any atom is -0.383 e. The number of nitrogens with two attached hydrogens (primary N) is 1. The van der Waals surface area contributed by atoms with Crippen molar-refractivity contribution in [3.05, 3.63) is 16.3 Å². The molecular formula is C15H22N4S. The van der Waals surface area contributed by atoms with E-state index in [0.29, 0.717) is 5.82 Å². The predicted octanol–water partition coefficient (Wildman–Crippen LogP) is 3.26. The van der Waals surface area contributed by atoms with E-state index in [4.69, 9.17) is 10.7 Å². The van der Waals surface area contributed by atoms with E-state index >= 15 is 0 Å². The van der Waals surface area contributed by atoms with Gasteiger partial charge in [0.2, 0.25) is 0 Å². The molecule has 2 aromatic heterocycles. The Morgan fingerprint density at radius 2 is 2.05 bits per heavy atom. The highest BCUT2D eigenvalue weighted by Crippen LogP contribution is 2.33. The number of likely N-dealkylation sites (tertiary alicyclic amines) is 1. The van der Waals surface area contributed by atoms with Gasteiger partial charge in [0.25, 0.3) is 0 Å². The maximum Gasteiger partial charge on any atom is 0.146 e. The molecule has 1 aliphatic rings. The lowest BCUT2D eigenvalue weighted by atomic mass is 10.0. The summed E-state index contributed by atoms with van der Waals surface area (Å²) < 4.78 is 0. The number of hydrogen-bond donors (Lipinski definition) is 1. The molecule has 0 unspecified atom stereocenters. The highest BCUT2D eigenvalue weighted by atomic mass is 32.1. The van der Waals surface area contributed by atoms with Crippen molar-refractivity contribution in [2.75, 3.05) is 12.3 Å². The highest BCUT2D eigenvalue weighted by molar-refractivity contribution is 7.18. The fourth-order valence-electron chi connectivity index (χ4n) is 3.02. The molecule has 0 amide bonds. The van der Waals surface area contributed by atoms with Crippen LogP contribution in [0.3, 0.4) is 0 Å². The molecule has 2 aromatic rings. The zero-order chi connectivity index (χ0) is 14.5. The lowest BCUT2D eigenvalue weighted by Crippen LogP contribution is -2.37. The number of hydrogen-bond acceptors (Lipinski definition) is 5. The Labute approximate surface area is 124 Å². The van der Waals surface area contributed by atoms with Crippen LogP contribution in [0.15, 0.2) is 0 Å². The molecule has 0 spiro atoms. The van der Waals surface area contributed by atoms with Gasteiger partial charge in [-0.3, -0.25) is 4.90 Å².